The molecule has 0 aliphatic carbocycles. The summed E-state index contributed by atoms with van der Waals surface area (Å²) in [4.78, 5) is 2.40. The summed E-state index contributed by atoms with van der Waals surface area (Å²) in [5.41, 5.74) is 2.15. The van der Waals surface area contributed by atoms with Crippen molar-refractivity contribution in [2.75, 3.05) is 19.6 Å². The van der Waals surface area contributed by atoms with Crippen molar-refractivity contribution in [2.24, 2.45) is 5.92 Å². The first-order valence-electron chi connectivity index (χ1n) is 8.41. The molecule has 0 N–H and O–H groups in total. The first kappa shape index (κ1) is 15.8. The number of benzene rings is 2. The molecule has 4 rings (SSSR count). The van der Waals surface area contributed by atoms with E-state index in [9.17, 15) is 8.42 Å². The monoisotopic (exact) mass is 342 g/mol. The van der Waals surface area contributed by atoms with Crippen LogP contribution in [0.2, 0.25) is 0 Å². The molecule has 0 spiro atoms. The minimum absolute atomic E-state index is 0.103. The van der Waals surface area contributed by atoms with Crippen LogP contribution >= 0.6 is 0 Å². The van der Waals surface area contributed by atoms with E-state index in [0.717, 1.165) is 18.7 Å². The SMILES string of the molecule is O=S(=O)(Cc1ccccc1)N1C[C@H]2CN(Cc3ccccc3)[C@@H]2C1. The van der Waals surface area contributed by atoms with E-state index < -0.39 is 10.0 Å². The van der Waals surface area contributed by atoms with Crippen LogP contribution in [0.15, 0.2) is 60.7 Å². The highest BCUT2D eigenvalue weighted by atomic mass is 32.2. The largest absolute Gasteiger partial charge is 0.294 e. The maximum atomic E-state index is 12.7. The van der Waals surface area contributed by atoms with Crippen LogP contribution in [0.1, 0.15) is 11.1 Å². The second-order valence-electron chi connectivity index (χ2n) is 6.80. The fourth-order valence-electron chi connectivity index (χ4n) is 3.81. The van der Waals surface area contributed by atoms with Gasteiger partial charge in [0.05, 0.1) is 5.75 Å². The molecule has 5 heteroatoms. The molecule has 0 unspecified atom stereocenters. The van der Waals surface area contributed by atoms with E-state index >= 15 is 0 Å². The molecule has 2 atom stereocenters. The molecule has 2 aliphatic heterocycles. The van der Waals surface area contributed by atoms with Crippen LogP contribution in [0, 0.1) is 5.92 Å². The van der Waals surface area contributed by atoms with Crippen molar-refractivity contribution in [3.63, 3.8) is 0 Å². The topological polar surface area (TPSA) is 40.6 Å². The molecule has 2 heterocycles. The summed E-state index contributed by atoms with van der Waals surface area (Å²) in [5.74, 6) is 0.589. The Bertz CT molecular complexity index is 793. The fraction of sp³-hybridized carbons (Fsp3) is 0.368. The van der Waals surface area contributed by atoms with E-state index in [1.807, 2.05) is 36.4 Å². The highest BCUT2D eigenvalue weighted by Gasteiger charge is 2.48. The van der Waals surface area contributed by atoms with Crippen molar-refractivity contribution in [2.45, 2.75) is 18.3 Å². The lowest BCUT2D eigenvalue weighted by atomic mass is 9.91. The van der Waals surface area contributed by atoms with E-state index in [4.69, 9.17) is 0 Å². The van der Waals surface area contributed by atoms with Gasteiger partial charge < -0.3 is 0 Å². The summed E-state index contributed by atoms with van der Waals surface area (Å²) < 4.78 is 27.1. The van der Waals surface area contributed by atoms with E-state index in [1.54, 1.807) is 4.31 Å². The van der Waals surface area contributed by atoms with Gasteiger partial charge in [0.15, 0.2) is 0 Å². The van der Waals surface area contributed by atoms with Crippen molar-refractivity contribution in [1.82, 2.24) is 9.21 Å². The molecule has 24 heavy (non-hydrogen) atoms. The third-order valence-corrected chi connectivity index (χ3v) is 6.91. The second kappa shape index (κ2) is 6.31. The molecule has 0 bridgehead atoms. The van der Waals surface area contributed by atoms with Crippen LogP contribution in [0.5, 0.6) is 0 Å². The van der Waals surface area contributed by atoms with Crippen molar-refractivity contribution < 1.29 is 8.42 Å². The van der Waals surface area contributed by atoms with Crippen LogP contribution in [-0.4, -0.2) is 43.3 Å². The van der Waals surface area contributed by atoms with Gasteiger partial charge >= 0.3 is 0 Å². The van der Waals surface area contributed by atoms with E-state index in [-0.39, 0.29) is 5.75 Å². The quantitative estimate of drug-likeness (QED) is 0.837. The minimum atomic E-state index is -3.23. The third kappa shape index (κ3) is 3.11. The molecule has 2 saturated heterocycles. The summed E-state index contributed by atoms with van der Waals surface area (Å²) in [7, 11) is -3.23. The minimum Gasteiger partial charge on any atom is -0.294 e. The zero-order chi connectivity index (χ0) is 16.6. The van der Waals surface area contributed by atoms with Gasteiger partial charge in [-0.3, -0.25) is 4.90 Å². The number of fused-ring (bicyclic) bond motifs is 1. The van der Waals surface area contributed by atoms with Crippen LogP contribution in [0.4, 0.5) is 0 Å². The van der Waals surface area contributed by atoms with Gasteiger partial charge in [0.1, 0.15) is 0 Å². The van der Waals surface area contributed by atoms with Crippen LogP contribution < -0.4 is 0 Å². The number of hydrogen-bond acceptors (Lipinski definition) is 3. The molecule has 2 aromatic rings. The van der Waals surface area contributed by atoms with Gasteiger partial charge in [-0.25, -0.2) is 8.42 Å². The summed E-state index contributed by atoms with van der Waals surface area (Å²) in [6.07, 6.45) is 0. The molecule has 2 fully saturated rings. The fourth-order valence-corrected chi connectivity index (χ4v) is 5.40. The van der Waals surface area contributed by atoms with Gasteiger partial charge in [0.25, 0.3) is 0 Å². The molecule has 126 valence electrons. The number of sulfonamides is 1. The number of hydrogen-bond donors (Lipinski definition) is 0. The lowest BCUT2D eigenvalue weighted by Crippen LogP contribution is -2.54. The molecule has 2 aliphatic rings. The van der Waals surface area contributed by atoms with E-state index in [1.165, 1.54) is 5.56 Å². The maximum absolute atomic E-state index is 12.7. The predicted octanol–water partition coefficient (Wildman–Crippen LogP) is 2.33. The lowest BCUT2D eigenvalue weighted by Gasteiger charge is -2.43. The molecule has 2 aromatic carbocycles. The molecule has 0 saturated carbocycles. The van der Waals surface area contributed by atoms with Crippen molar-refractivity contribution in [1.29, 1.82) is 0 Å². The van der Waals surface area contributed by atoms with Crippen LogP contribution in [0.3, 0.4) is 0 Å². The third-order valence-electron chi connectivity index (χ3n) is 5.12. The summed E-state index contributed by atoms with van der Waals surface area (Å²) in [6.45, 7) is 3.21. The zero-order valence-electron chi connectivity index (χ0n) is 13.6. The normalized spacial score (nSPS) is 24.5. The van der Waals surface area contributed by atoms with Gasteiger partial charge in [0, 0.05) is 38.1 Å². The van der Waals surface area contributed by atoms with Crippen molar-refractivity contribution in [3.8, 4) is 0 Å². The molecule has 4 nitrogen and oxygen atoms in total. The van der Waals surface area contributed by atoms with Gasteiger partial charge in [-0.2, -0.15) is 4.31 Å². The Hall–Kier alpha value is -1.69. The maximum Gasteiger partial charge on any atom is 0.218 e. The van der Waals surface area contributed by atoms with E-state index in [2.05, 4.69) is 29.2 Å². The number of likely N-dealkylation sites (tertiary alicyclic amines) is 1. The van der Waals surface area contributed by atoms with Gasteiger partial charge in [-0.1, -0.05) is 60.7 Å². The molecular weight excluding hydrogens is 320 g/mol. The highest BCUT2D eigenvalue weighted by Crippen LogP contribution is 2.35. The predicted molar refractivity (Wildman–Crippen MR) is 94.8 cm³/mol. The second-order valence-corrected chi connectivity index (χ2v) is 8.77. The Morgan fingerprint density at radius 3 is 2.12 bits per heavy atom. The summed E-state index contributed by atoms with van der Waals surface area (Å²) in [6, 6.07) is 20.2. The Kier molecular flexibility index (Phi) is 4.16. The summed E-state index contributed by atoms with van der Waals surface area (Å²) >= 11 is 0. The average molecular weight is 342 g/mol. The van der Waals surface area contributed by atoms with Gasteiger partial charge in [0.2, 0.25) is 10.0 Å². The van der Waals surface area contributed by atoms with Gasteiger partial charge in [-0.05, 0) is 11.1 Å². The average Bonchev–Trinajstić information content (AvgIpc) is 2.92. The number of nitrogens with zero attached hydrogens (tertiary/aromatic N) is 2. The van der Waals surface area contributed by atoms with Crippen LogP contribution in [-0.2, 0) is 22.3 Å². The smallest absolute Gasteiger partial charge is 0.218 e. The van der Waals surface area contributed by atoms with E-state index in [0.29, 0.717) is 25.0 Å². The standard InChI is InChI=1S/C19H22N2O2S/c22-24(23,15-17-9-5-2-6-10-17)21-13-18-12-20(19(18)14-21)11-16-7-3-1-4-8-16/h1-10,18-19H,11-15H2/t18-,19-/m1/s1. The van der Waals surface area contributed by atoms with Crippen molar-refractivity contribution >= 4 is 10.0 Å². The first-order valence-corrected chi connectivity index (χ1v) is 10.0. The number of rotatable bonds is 5. The zero-order valence-corrected chi connectivity index (χ0v) is 14.4. The van der Waals surface area contributed by atoms with Crippen molar-refractivity contribution in [3.05, 3.63) is 71.8 Å². The summed E-state index contributed by atoms with van der Waals surface area (Å²) in [5, 5.41) is 0. The lowest BCUT2D eigenvalue weighted by molar-refractivity contribution is 0.0435. The molecular formula is C19H22N2O2S. The Morgan fingerprint density at radius 1 is 0.833 bits per heavy atom. The first-order chi connectivity index (χ1) is 11.6. The molecule has 0 aromatic heterocycles. The Labute approximate surface area is 143 Å². The molecule has 0 amide bonds. The Morgan fingerprint density at radius 2 is 1.46 bits per heavy atom. The highest BCUT2D eigenvalue weighted by molar-refractivity contribution is 7.88. The molecule has 0 radical (unpaired) electrons. The Balaban J connectivity index is 1.40. The van der Waals surface area contributed by atoms with Crippen LogP contribution in [0.25, 0.3) is 0 Å². The van der Waals surface area contributed by atoms with Gasteiger partial charge in [-0.15, -0.1) is 0 Å².